The van der Waals surface area contributed by atoms with Gasteiger partial charge < -0.3 is 9.64 Å². The largest absolute Gasteiger partial charge is 0.378 e. The average Bonchev–Trinajstić information content (AvgIpc) is 3.18. The second kappa shape index (κ2) is 9.34. The predicted molar refractivity (Wildman–Crippen MR) is 115 cm³/mol. The van der Waals surface area contributed by atoms with Crippen LogP contribution in [-0.4, -0.2) is 43.3 Å². The number of morpholine rings is 1. The number of carbonyl (C=O) groups is 1. The second-order valence-corrected chi connectivity index (χ2v) is 7.12. The Labute approximate surface area is 171 Å². The standard InChI is InChI=1S/C24H25N3O2/c28-24(20-9-5-2-6-10-20)26-25-18-22-12-11-21(17-19-7-3-1-4-8-19)23(22)27-13-15-29-16-14-27/h1-10,17-18H,11-16H2,(H,26,28)/b21-17+,25-18?. The van der Waals surface area contributed by atoms with Crippen molar-refractivity contribution >= 4 is 18.2 Å². The van der Waals surface area contributed by atoms with Crippen LogP contribution >= 0.6 is 0 Å². The Bertz CT molecular complexity index is 927. The summed E-state index contributed by atoms with van der Waals surface area (Å²) >= 11 is 0. The van der Waals surface area contributed by atoms with Crippen LogP contribution in [0.15, 0.2) is 82.6 Å². The van der Waals surface area contributed by atoms with Crippen LogP contribution in [0.25, 0.3) is 6.08 Å². The van der Waals surface area contributed by atoms with Gasteiger partial charge in [-0.15, -0.1) is 0 Å². The minimum absolute atomic E-state index is 0.201. The molecule has 1 fully saturated rings. The van der Waals surface area contributed by atoms with Gasteiger partial charge in [-0.2, -0.15) is 5.10 Å². The predicted octanol–water partition coefficient (Wildman–Crippen LogP) is 3.87. The molecule has 0 bridgehead atoms. The molecule has 0 aromatic heterocycles. The van der Waals surface area contributed by atoms with Crippen LogP contribution < -0.4 is 5.43 Å². The van der Waals surface area contributed by atoms with Gasteiger partial charge in [0.05, 0.1) is 19.4 Å². The van der Waals surface area contributed by atoms with Crippen LogP contribution in [0.3, 0.4) is 0 Å². The summed E-state index contributed by atoms with van der Waals surface area (Å²) in [5, 5.41) is 4.25. The fourth-order valence-corrected chi connectivity index (χ4v) is 3.75. The molecule has 1 saturated heterocycles. The van der Waals surface area contributed by atoms with Crippen LogP contribution in [0.1, 0.15) is 28.8 Å². The quantitative estimate of drug-likeness (QED) is 0.626. The lowest BCUT2D eigenvalue weighted by Crippen LogP contribution is -2.36. The zero-order valence-electron chi connectivity index (χ0n) is 16.4. The van der Waals surface area contributed by atoms with Crippen molar-refractivity contribution in [3.05, 3.63) is 88.6 Å². The van der Waals surface area contributed by atoms with Crippen molar-refractivity contribution in [2.45, 2.75) is 12.8 Å². The number of hydrogen-bond acceptors (Lipinski definition) is 4. The van der Waals surface area contributed by atoms with E-state index < -0.39 is 0 Å². The third-order valence-corrected chi connectivity index (χ3v) is 5.16. The van der Waals surface area contributed by atoms with E-state index in [1.165, 1.54) is 16.8 Å². The van der Waals surface area contributed by atoms with Gasteiger partial charge in [0, 0.05) is 24.4 Å². The number of benzene rings is 2. The molecule has 1 amide bonds. The first-order valence-electron chi connectivity index (χ1n) is 10.0. The topological polar surface area (TPSA) is 53.9 Å². The molecule has 1 heterocycles. The number of ether oxygens (including phenoxy) is 1. The summed E-state index contributed by atoms with van der Waals surface area (Å²) in [6.45, 7) is 3.21. The van der Waals surface area contributed by atoms with Crippen LogP contribution in [0.4, 0.5) is 0 Å². The Balaban J connectivity index is 1.56. The number of carbonyl (C=O) groups excluding carboxylic acids is 1. The summed E-state index contributed by atoms with van der Waals surface area (Å²) in [6, 6.07) is 19.5. The van der Waals surface area contributed by atoms with Crippen LogP contribution in [0.5, 0.6) is 0 Å². The highest BCUT2D eigenvalue weighted by molar-refractivity contribution is 5.95. The van der Waals surface area contributed by atoms with Crippen molar-refractivity contribution in [1.29, 1.82) is 0 Å². The highest BCUT2D eigenvalue weighted by Crippen LogP contribution is 2.34. The van der Waals surface area contributed by atoms with E-state index in [4.69, 9.17) is 4.74 Å². The third kappa shape index (κ3) is 4.81. The molecule has 5 nitrogen and oxygen atoms in total. The summed E-state index contributed by atoms with van der Waals surface area (Å²) in [7, 11) is 0. The molecular formula is C24H25N3O2. The van der Waals surface area contributed by atoms with Crippen molar-refractivity contribution in [3.8, 4) is 0 Å². The van der Waals surface area contributed by atoms with E-state index in [0.29, 0.717) is 5.56 Å². The van der Waals surface area contributed by atoms with E-state index in [1.54, 1.807) is 18.3 Å². The molecule has 1 aliphatic heterocycles. The van der Waals surface area contributed by atoms with Gasteiger partial charge in [-0.3, -0.25) is 4.79 Å². The SMILES string of the molecule is O=C(NN=CC1=C(N2CCOCC2)/C(=C/c2ccccc2)CC1)c1ccccc1. The van der Waals surface area contributed by atoms with E-state index in [0.717, 1.165) is 44.7 Å². The molecule has 2 aliphatic rings. The van der Waals surface area contributed by atoms with Crippen molar-refractivity contribution in [3.63, 3.8) is 0 Å². The molecule has 148 valence electrons. The van der Waals surface area contributed by atoms with Gasteiger partial charge in [-0.05, 0) is 47.8 Å². The van der Waals surface area contributed by atoms with Crippen LogP contribution in [0, 0.1) is 0 Å². The second-order valence-electron chi connectivity index (χ2n) is 7.12. The minimum Gasteiger partial charge on any atom is -0.378 e. The highest BCUT2D eigenvalue weighted by atomic mass is 16.5. The van der Waals surface area contributed by atoms with Gasteiger partial charge in [0.15, 0.2) is 0 Å². The minimum atomic E-state index is -0.201. The van der Waals surface area contributed by atoms with E-state index in [9.17, 15) is 4.79 Å². The first kappa shape index (κ1) is 19.2. The molecule has 4 rings (SSSR count). The van der Waals surface area contributed by atoms with Gasteiger partial charge in [-0.25, -0.2) is 5.43 Å². The maximum Gasteiger partial charge on any atom is 0.271 e. The molecule has 1 aliphatic carbocycles. The Morgan fingerprint density at radius 2 is 1.66 bits per heavy atom. The molecule has 2 aromatic rings. The maximum absolute atomic E-state index is 12.2. The summed E-state index contributed by atoms with van der Waals surface area (Å²) in [4.78, 5) is 14.6. The molecule has 0 spiro atoms. The molecule has 2 aromatic carbocycles. The normalized spacial score (nSPS) is 18.6. The van der Waals surface area contributed by atoms with Gasteiger partial charge >= 0.3 is 0 Å². The molecule has 1 N–H and O–H groups in total. The molecule has 0 atom stereocenters. The maximum atomic E-state index is 12.2. The van der Waals surface area contributed by atoms with E-state index in [1.807, 2.05) is 24.3 Å². The third-order valence-electron chi connectivity index (χ3n) is 5.16. The molecule has 0 radical (unpaired) electrons. The zero-order valence-corrected chi connectivity index (χ0v) is 16.4. The Morgan fingerprint density at radius 3 is 2.38 bits per heavy atom. The highest BCUT2D eigenvalue weighted by Gasteiger charge is 2.25. The van der Waals surface area contributed by atoms with Crippen molar-refractivity contribution in [2.24, 2.45) is 5.10 Å². The lowest BCUT2D eigenvalue weighted by Gasteiger charge is -2.31. The fourth-order valence-electron chi connectivity index (χ4n) is 3.75. The van der Waals surface area contributed by atoms with E-state index in [-0.39, 0.29) is 5.91 Å². The van der Waals surface area contributed by atoms with Gasteiger partial charge in [-0.1, -0.05) is 48.5 Å². The summed E-state index contributed by atoms with van der Waals surface area (Å²) in [6.07, 6.45) is 5.94. The monoisotopic (exact) mass is 387 g/mol. The van der Waals surface area contributed by atoms with Crippen molar-refractivity contribution in [1.82, 2.24) is 10.3 Å². The Morgan fingerprint density at radius 1 is 0.966 bits per heavy atom. The lowest BCUT2D eigenvalue weighted by atomic mass is 10.1. The summed E-state index contributed by atoms with van der Waals surface area (Å²) < 4.78 is 5.54. The smallest absolute Gasteiger partial charge is 0.271 e. The molecule has 0 unspecified atom stereocenters. The molecule has 29 heavy (non-hydrogen) atoms. The molecule has 5 heteroatoms. The van der Waals surface area contributed by atoms with Crippen molar-refractivity contribution < 1.29 is 9.53 Å². The molecule has 0 saturated carbocycles. The summed E-state index contributed by atoms with van der Waals surface area (Å²) in [5.74, 6) is -0.201. The first-order chi connectivity index (χ1) is 14.3. The van der Waals surface area contributed by atoms with Gasteiger partial charge in [0.1, 0.15) is 0 Å². The number of amides is 1. The van der Waals surface area contributed by atoms with E-state index in [2.05, 4.69) is 45.8 Å². The number of hydrazone groups is 1. The van der Waals surface area contributed by atoms with Gasteiger partial charge in [0.25, 0.3) is 5.91 Å². The first-order valence-corrected chi connectivity index (χ1v) is 10.0. The number of nitrogens with one attached hydrogen (secondary N) is 1. The van der Waals surface area contributed by atoms with Crippen LogP contribution in [-0.2, 0) is 4.74 Å². The number of rotatable bonds is 5. The Hall–Kier alpha value is -3.18. The van der Waals surface area contributed by atoms with E-state index >= 15 is 0 Å². The fraction of sp³-hybridized carbons (Fsp3) is 0.250. The number of allylic oxidation sites excluding steroid dienone is 2. The molecular weight excluding hydrogens is 362 g/mol. The lowest BCUT2D eigenvalue weighted by molar-refractivity contribution is 0.0548. The average molecular weight is 387 g/mol. The zero-order chi connectivity index (χ0) is 19.9. The summed E-state index contributed by atoms with van der Waals surface area (Å²) in [5.41, 5.74) is 8.15. The van der Waals surface area contributed by atoms with Crippen LogP contribution in [0.2, 0.25) is 0 Å². The van der Waals surface area contributed by atoms with Gasteiger partial charge in [0.2, 0.25) is 0 Å². The number of nitrogens with zero attached hydrogens (tertiary/aromatic N) is 2. The Kier molecular flexibility index (Phi) is 6.17. The van der Waals surface area contributed by atoms with Crippen molar-refractivity contribution in [2.75, 3.05) is 26.3 Å². The number of hydrogen-bond donors (Lipinski definition) is 1.